The smallest absolute Gasteiger partial charge is 0.228 e. The van der Waals surface area contributed by atoms with Crippen molar-refractivity contribution in [2.75, 3.05) is 32.1 Å². The fourth-order valence-electron chi connectivity index (χ4n) is 4.90. The number of benzene rings is 2. The van der Waals surface area contributed by atoms with Crippen LogP contribution in [0.1, 0.15) is 50.5 Å². The van der Waals surface area contributed by atoms with Gasteiger partial charge in [0, 0.05) is 18.3 Å². The normalized spacial score (nSPS) is 19.6. The molecule has 5 heteroatoms. The van der Waals surface area contributed by atoms with Gasteiger partial charge in [-0.2, -0.15) is 0 Å². The average Bonchev–Trinajstić information content (AvgIpc) is 3.33. The molecule has 0 radical (unpaired) electrons. The fourth-order valence-corrected chi connectivity index (χ4v) is 4.90. The van der Waals surface area contributed by atoms with E-state index in [9.17, 15) is 4.79 Å². The van der Waals surface area contributed by atoms with Gasteiger partial charge in [-0.1, -0.05) is 30.3 Å². The van der Waals surface area contributed by atoms with E-state index in [0.717, 1.165) is 75.3 Å². The largest absolute Gasteiger partial charge is 0.493 e. The average molecular weight is 437 g/mol. The zero-order valence-corrected chi connectivity index (χ0v) is 19.2. The monoisotopic (exact) mass is 436 g/mol. The molecule has 2 aliphatic rings. The number of aryl methyl sites for hydroxylation is 1. The molecule has 1 saturated carbocycles. The minimum atomic E-state index is 0.0294. The Labute approximate surface area is 192 Å². The van der Waals surface area contributed by atoms with Gasteiger partial charge in [0.2, 0.25) is 5.91 Å². The van der Waals surface area contributed by atoms with Crippen molar-refractivity contribution in [2.24, 2.45) is 5.92 Å². The van der Waals surface area contributed by atoms with E-state index in [1.807, 2.05) is 18.2 Å². The highest BCUT2D eigenvalue weighted by molar-refractivity contribution is 5.93. The number of likely N-dealkylation sites (tertiary alicyclic amines) is 1. The zero-order chi connectivity index (χ0) is 22.2. The summed E-state index contributed by atoms with van der Waals surface area (Å²) in [6.45, 7) is 2.96. The van der Waals surface area contributed by atoms with Crippen LogP contribution in [-0.2, 0) is 11.2 Å². The summed E-state index contributed by atoms with van der Waals surface area (Å²) < 4.78 is 11.6. The first-order valence-electron chi connectivity index (χ1n) is 12.1. The molecule has 0 aromatic heterocycles. The van der Waals surface area contributed by atoms with Gasteiger partial charge in [0.05, 0.1) is 19.1 Å². The Balaban J connectivity index is 1.29. The Bertz CT molecular complexity index is 864. The molecule has 5 nitrogen and oxygen atoms in total. The van der Waals surface area contributed by atoms with Crippen LogP contribution < -0.4 is 14.8 Å². The summed E-state index contributed by atoms with van der Waals surface area (Å²) >= 11 is 0. The van der Waals surface area contributed by atoms with E-state index >= 15 is 0 Å². The first-order chi connectivity index (χ1) is 15.7. The van der Waals surface area contributed by atoms with Gasteiger partial charge in [0.25, 0.3) is 0 Å². The van der Waals surface area contributed by atoms with Gasteiger partial charge in [-0.3, -0.25) is 4.79 Å². The number of piperidine rings is 1. The third kappa shape index (κ3) is 6.26. The van der Waals surface area contributed by atoms with Crippen molar-refractivity contribution in [1.29, 1.82) is 0 Å². The van der Waals surface area contributed by atoms with Gasteiger partial charge in [0.1, 0.15) is 0 Å². The molecule has 2 aromatic carbocycles. The number of amides is 1. The van der Waals surface area contributed by atoms with Gasteiger partial charge in [-0.05, 0) is 82.2 Å². The maximum Gasteiger partial charge on any atom is 0.228 e. The molecule has 1 atom stereocenters. The highest BCUT2D eigenvalue weighted by Crippen LogP contribution is 2.34. The molecule has 32 heavy (non-hydrogen) atoms. The molecule has 1 heterocycles. The molecule has 4 rings (SSSR count). The minimum Gasteiger partial charge on any atom is -0.493 e. The lowest BCUT2D eigenvalue weighted by molar-refractivity contribution is -0.121. The highest BCUT2D eigenvalue weighted by Gasteiger charge is 2.26. The van der Waals surface area contributed by atoms with Crippen molar-refractivity contribution in [3.8, 4) is 11.5 Å². The number of hydrogen-bond donors (Lipinski definition) is 1. The van der Waals surface area contributed by atoms with Crippen molar-refractivity contribution in [2.45, 2.75) is 57.5 Å². The molecule has 0 spiro atoms. The Morgan fingerprint density at radius 3 is 2.62 bits per heavy atom. The Hall–Kier alpha value is -2.53. The Morgan fingerprint density at radius 2 is 1.84 bits per heavy atom. The lowest BCUT2D eigenvalue weighted by Gasteiger charge is -2.32. The lowest BCUT2D eigenvalue weighted by atomic mass is 9.96. The molecule has 1 aliphatic heterocycles. The first kappa shape index (κ1) is 22.7. The summed E-state index contributed by atoms with van der Waals surface area (Å²) in [5, 5.41) is 3.13. The number of anilines is 1. The third-order valence-electron chi connectivity index (χ3n) is 6.69. The summed E-state index contributed by atoms with van der Waals surface area (Å²) in [4.78, 5) is 15.5. The van der Waals surface area contributed by atoms with E-state index in [0.29, 0.717) is 0 Å². The number of rotatable bonds is 9. The summed E-state index contributed by atoms with van der Waals surface area (Å²) in [6.07, 6.45) is 9.08. The van der Waals surface area contributed by atoms with E-state index in [2.05, 4.69) is 40.5 Å². The molecule has 1 unspecified atom stereocenters. The molecule has 172 valence electrons. The van der Waals surface area contributed by atoms with E-state index < -0.39 is 0 Å². The van der Waals surface area contributed by atoms with Crippen molar-refractivity contribution in [1.82, 2.24) is 4.90 Å². The number of methoxy groups -OCH3 is 1. The molecule has 2 aromatic rings. The van der Waals surface area contributed by atoms with Gasteiger partial charge < -0.3 is 19.7 Å². The van der Waals surface area contributed by atoms with Crippen LogP contribution in [0, 0.1) is 5.92 Å². The molecule has 1 amide bonds. The van der Waals surface area contributed by atoms with Crippen LogP contribution in [0.4, 0.5) is 5.69 Å². The number of hydrogen-bond acceptors (Lipinski definition) is 4. The Kier molecular flexibility index (Phi) is 8.05. The number of nitrogens with one attached hydrogen (secondary N) is 1. The van der Waals surface area contributed by atoms with Crippen molar-refractivity contribution < 1.29 is 14.3 Å². The van der Waals surface area contributed by atoms with Crippen molar-refractivity contribution >= 4 is 11.6 Å². The SMILES string of the molecule is COc1ccc(NC(=O)C2CCCN(CCCc3ccccc3)C2)cc1OC1CCCC1. The van der Waals surface area contributed by atoms with Gasteiger partial charge in [-0.15, -0.1) is 0 Å². The van der Waals surface area contributed by atoms with Gasteiger partial charge >= 0.3 is 0 Å². The minimum absolute atomic E-state index is 0.0294. The second-order valence-electron chi connectivity index (χ2n) is 9.11. The molecular formula is C27H36N2O3. The second-order valence-corrected chi connectivity index (χ2v) is 9.11. The fraction of sp³-hybridized carbons (Fsp3) is 0.519. The molecule has 1 aliphatic carbocycles. The van der Waals surface area contributed by atoms with Crippen LogP contribution in [0.15, 0.2) is 48.5 Å². The van der Waals surface area contributed by atoms with Crippen LogP contribution in [0.2, 0.25) is 0 Å². The standard InChI is InChI=1S/C27H36N2O3/c1-31-25-16-15-23(19-26(25)32-24-13-5-6-14-24)28-27(30)22-12-8-18-29(20-22)17-7-11-21-9-3-2-4-10-21/h2-4,9-10,15-16,19,22,24H,5-8,11-14,17-18,20H2,1H3,(H,28,30). The highest BCUT2D eigenvalue weighted by atomic mass is 16.5. The Morgan fingerprint density at radius 1 is 1.03 bits per heavy atom. The van der Waals surface area contributed by atoms with Crippen LogP contribution in [-0.4, -0.2) is 43.7 Å². The maximum absolute atomic E-state index is 13.0. The van der Waals surface area contributed by atoms with Gasteiger partial charge in [-0.25, -0.2) is 0 Å². The van der Waals surface area contributed by atoms with E-state index in [4.69, 9.17) is 9.47 Å². The summed E-state index contributed by atoms with van der Waals surface area (Å²) in [6, 6.07) is 16.3. The quantitative estimate of drug-likeness (QED) is 0.580. The van der Waals surface area contributed by atoms with Gasteiger partial charge in [0.15, 0.2) is 11.5 Å². The first-order valence-corrected chi connectivity index (χ1v) is 12.1. The van der Waals surface area contributed by atoms with E-state index in [1.165, 1.54) is 18.4 Å². The summed E-state index contributed by atoms with van der Waals surface area (Å²) in [5.41, 5.74) is 2.17. The number of ether oxygens (including phenoxy) is 2. The second kappa shape index (κ2) is 11.4. The summed E-state index contributed by atoms with van der Waals surface area (Å²) in [7, 11) is 1.66. The predicted molar refractivity (Wildman–Crippen MR) is 128 cm³/mol. The number of carbonyl (C=O) groups excluding carboxylic acids is 1. The van der Waals surface area contributed by atoms with Crippen LogP contribution in [0.5, 0.6) is 11.5 Å². The van der Waals surface area contributed by atoms with Crippen molar-refractivity contribution in [3.05, 3.63) is 54.1 Å². The topological polar surface area (TPSA) is 50.8 Å². The number of nitrogens with zero attached hydrogens (tertiary/aromatic N) is 1. The van der Waals surface area contributed by atoms with Crippen LogP contribution in [0.25, 0.3) is 0 Å². The van der Waals surface area contributed by atoms with Crippen molar-refractivity contribution in [3.63, 3.8) is 0 Å². The van der Waals surface area contributed by atoms with Crippen LogP contribution >= 0.6 is 0 Å². The van der Waals surface area contributed by atoms with E-state index in [-0.39, 0.29) is 17.9 Å². The summed E-state index contributed by atoms with van der Waals surface area (Å²) in [5.74, 6) is 1.58. The zero-order valence-electron chi connectivity index (χ0n) is 19.2. The molecular weight excluding hydrogens is 400 g/mol. The van der Waals surface area contributed by atoms with E-state index in [1.54, 1.807) is 7.11 Å². The van der Waals surface area contributed by atoms with Crippen LogP contribution in [0.3, 0.4) is 0 Å². The maximum atomic E-state index is 13.0. The molecule has 2 fully saturated rings. The lowest BCUT2D eigenvalue weighted by Crippen LogP contribution is -2.41. The molecule has 1 saturated heterocycles. The third-order valence-corrected chi connectivity index (χ3v) is 6.69. The molecule has 0 bridgehead atoms. The number of carbonyl (C=O) groups is 1. The molecule has 1 N–H and O–H groups in total. The predicted octanol–water partition coefficient (Wildman–Crippen LogP) is 5.30.